The molecule has 16 heavy (non-hydrogen) atoms. The van der Waals surface area contributed by atoms with Crippen LogP contribution in [0.4, 0.5) is 0 Å². The van der Waals surface area contributed by atoms with Gasteiger partial charge in [0.25, 0.3) is 0 Å². The standard InChI is InChI=1S/C12H21NO3/c1-2-5-13-6-7-15-12(14)10-8-9-3-4-11(10)16-9/h9-11,13H,2-8H2,1H3. The zero-order chi connectivity index (χ0) is 11.4. The lowest BCUT2D eigenvalue weighted by Gasteiger charge is -2.17. The van der Waals surface area contributed by atoms with Crippen molar-refractivity contribution in [2.24, 2.45) is 5.92 Å². The molecule has 0 saturated carbocycles. The lowest BCUT2D eigenvalue weighted by Crippen LogP contribution is -2.29. The van der Waals surface area contributed by atoms with Crippen molar-refractivity contribution in [3.63, 3.8) is 0 Å². The van der Waals surface area contributed by atoms with E-state index in [1.165, 1.54) is 0 Å². The molecule has 2 rings (SSSR count). The maximum atomic E-state index is 11.7. The van der Waals surface area contributed by atoms with E-state index in [0.717, 1.165) is 38.8 Å². The maximum absolute atomic E-state index is 11.7. The van der Waals surface area contributed by atoms with Crippen molar-refractivity contribution >= 4 is 5.97 Å². The number of hydrogen-bond donors (Lipinski definition) is 1. The first kappa shape index (κ1) is 11.9. The molecule has 4 nitrogen and oxygen atoms in total. The molecule has 2 fully saturated rings. The van der Waals surface area contributed by atoms with Crippen LogP contribution in [0.3, 0.4) is 0 Å². The van der Waals surface area contributed by atoms with E-state index < -0.39 is 0 Å². The SMILES string of the molecule is CCCNCCOC(=O)C1CC2CCC1O2. The van der Waals surface area contributed by atoms with Gasteiger partial charge in [0.05, 0.1) is 18.1 Å². The van der Waals surface area contributed by atoms with Crippen LogP contribution in [0.2, 0.25) is 0 Å². The molecule has 0 radical (unpaired) electrons. The molecule has 0 amide bonds. The quantitative estimate of drug-likeness (QED) is 0.545. The second-order valence-electron chi connectivity index (χ2n) is 4.63. The van der Waals surface area contributed by atoms with Gasteiger partial charge in [-0.25, -0.2) is 0 Å². The maximum Gasteiger partial charge on any atom is 0.311 e. The van der Waals surface area contributed by atoms with Crippen molar-refractivity contribution in [3.8, 4) is 0 Å². The Hall–Kier alpha value is -0.610. The van der Waals surface area contributed by atoms with E-state index in [0.29, 0.717) is 12.7 Å². The molecule has 92 valence electrons. The number of fused-ring (bicyclic) bond motifs is 2. The highest BCUT2D eigenvalue weighted by Crippen LogP contribution is 2.39. The monoisotopic (exact) mass is 227 g/mol. The summed E-state index contributed by atoms with van der Waals surface area (Å²) in [5.41, 5.74) is 0. The summed E-state index contributed by atoms with van der Waals surface area (Å²) >= 11 is 0. The van der Waals surface area contributed by atoms with Crippen molar-refractivity contribution in [1.29, 1.82) is 0 Å². The first-order valence-electron chi connectivity index (χ1n) is 6.34. The fourth-order valence-corrected chi connectivity index (χ4v) is 2.52. The number of nitrogens with one attached hydrogen (secondary N) is 1. The van der Waals surface area contributed by atoms with Crippen LogP contribution >= 0.6 is 0 Å². The van der Waals surface area contributed by atoms with Gasteiger partial charge < -0.3 is 14.8 Å². The van der Waals surface area contributed by atoms with Gasteiger partial charge >= 0.3 is 5.97 Å². The molecule has 1 N–H and O–H groups in total. The third kappa shape index (κ3) is 2.74. The van der Waals surface area contributed by atoms with Crippen LogP contribution in [-0.4, -0.2) is 37.9 Å². The summed E-state index contributed by atoms with van der Waals surface area (Å²) in [5, 5.41) is 3.21. The predicted octanol–water partition coefficient (Wildman–Crippen LogP) is 1.10. The molecule has 0 aliphatic carbocycles. The molecule has 0 aromatic heterocycles. The third-order valence-corrected chi connectivity index (χ3v) is 3.36. The average Bonchev–Trinajstić information content (AvgIpc) is 2.90. The van der Waals surface area contributed by atoms with Crippen LogP contribution < -0.4 is 5.32 Å². The Bertz CT molecular complexity index is 244. The number of carbonyl (C=O) groups is 1. The number of esters is 1. The minimum Gasteiger partial charge on any atom is -0.464 e. The summed E-state index contributed by atoms with van der Waals surface area (Å²) in [6.07, 6.45) is 4.58. The molecule has 0 aromatic carbocycles. The molecule has 0 aromatic rings. The zero-order valence-electron chi connectivity index (χ0n) is 9.91. The van der Waals surface area contributed by atoms with E-state index in [1.54, 1.807) is 0 Å². The van der Waals surface area contributed by atoms with Gasteiger partial charge in [-0.05, 0) is 32.2 Å². The smallest absolute Gasteiger partial charge is 0.311 e. The molecular formula is C12H21NO3. The molecule has 2 aliphatic heterocycles. The summed E-state index contributed by atoms with van der Waals surface area (Å²) in [7, 11) is 0. The molecule has 0 spiro atoms. The second kappa shape index (κ2) is 5.64. The van der Waals surface area contributed by atoms with Crippen LogP contribution in [-0.2, 0) is 14.3 Å². The van der Waals surface area contributed by atoms with Gasteiger partial charge in [-0.1, -0.05) is 6.92 Å². The fourth-order valence-electron chi connectivity index (χ4n) is 2.52. The van der Waals surface area contributed by atoms with E-state index in [4.69, 9.17) is 9.47 Å². The Morgan fingerprint density at radius 2 is 2.31 bits per heavy atom. The third-order valence-electron chi connectivity index (χ3n) is 3.36. The Morgan fingerprint density at radius 3 is 2.94 bits per heavy atom. The van der Waals surface area contributed by atoms with Gasteiger partial charge in [0.1, 0.15) is 6.61 Å². The average molecular weight is 227 g/mol. The van der Waals surface area contributed by atoms with Crippen LogP contribution in [0.25, 0.3) is 0 Å². The van der Waals surface area contributed by atoms with Crippen molar-refractivity contribution in [1.82, 2.24) is 5.32 Å². The second-order valence-corrected chi connectivity index (χ2v) is 4.63. The summed E-state index contributed by atoms with van der Waals surface area (Å²) in [6.45, 7) is 4.33. The summed E-state index contributed by atoms with van der Waals surface area (Å²) in [4.78, 5) is 11.7. The van der Waals surface area contributed by atoms with Gasteiger partial charge in [0, 0.05) is 6.54 Å². The number of hydrogen-bond acceptors (Lipinski definition) is 4. The number of rotatable bonds is 6. The topological polar surface area (TPSA) is 47.6 Å². The summed E-state index contributed by atoms with van der Waals surface area (Å²) in [6, 6.07) is 0. The van der Waals surface area contributed by atoms with Crippen LogP contribution in [0.1, 0.15) is 32.6 Å². The molecule has 3 unspecified atom stereocenters. The highest BCUT2D eigenvalue weighted by Gasteiger charge is 2.45. The Balaban J connectivity index is 1.61. The van der Waals surface area contributed by atoms with Crippen molar-refractivity contribution in [2.75, 3.05) is 19.7 Å². The van der Waals surface area contributed by atoms with Gasteiger partial charge in [-0.2, -0.15) is 0 Å². The van der Waals surface area contributed by atoms with E-state index in [2.05, 4.69) is 12.2 Å². The molecule has 2 bridgehead atoms. The van der Waals surface area contributed by atoms with E-state index in [9.17, 15) is 4.79 Å². The Kier molecular flexibility index (Phi) is 4.18. The number of carbonyl (C=O) groups excluding carboxylic acids is 1. The molecular weight excluding hydrogens is 206 g/mol. The van der Waals surface area contributed by atoms with Gasteiger partial charge in [0.15, 0.2) is 0 Å². The molecule has 2 aliphatic rings. The van der Waals surface area contributed by atoms with E-state index >= 15 is 0 Å². The highest BCUT2D eigenvalue weighted by molar-refractivity contribution is 5.73. The number of ether oxygens (including phenoxy) is 2. The largest absolute Gasteiger partial charge is 0.464 e. The predicted molar refractivity (Wildman–Crippen MR) is 60.1 cm³/mol. The fraction of sp³-hybridized carbons (Fsp3) is 0.917. The van der Waals surface area contributed by atoms with Crippen molar-refractivity contribution in [3.05, 3.63) is 0 Å². The van der Waals surface area contributed by atoms with Crippen molar-refractivity contribution < 1.29 is 14.3 Å². The molecule has 4 heteroatoms. The molecule has 2 heterocycles. The zero-order valence-corrected chi connectivity index (χ0v) is 9.91. The minimum atomic E-state index is -0.0644. The normalized spacial score (nSPS) is 31.9. The lowest BCUT2D eigenvalue weighted by atomic mass is 9.89. The molecule has 2 saturated heterocycles. The van der Waals surface area contributed by atoms with Gasteiger partial charge in [0.2, 0.25) is 0 Å². The van der Waals surface area contributed by atoms with Crippen LogP contribution in [0, 0.1) is 5.92 Å². The van der Waals surface area contributed by atoms with Gasteiger partial charge in [-0.15, -0.1) is 0 Å². The first-order valence-corrected chi connectivity index (χ1v) is 6.34. The molecule has 3 atom stereocenters. The van der Waals surface area contributed by atoms with Gasteiger partial charge in [-0.3, -0.25) is 4.79 Å². The van der Waals surface area contributed by atoms with Crippen LogP contribution in [0.15, 0.2) is 0 Å². The van der Waals surface area contributed by atoms with Crippen LogP contribution in [0.5, 0.6) is 0 Å². The van der Waals surface area contributed by atoms with Crippen molar-refractivity contribution in [2.45, 2.75) is 44.8 Å². The highest BCUT2D eigenvalue weighted by atomic mass is 16.5. The first-order chi connectivity index (χ1) is 7.81. The Morgan fingerprint density at radius 1 is 1.44 bits per heavy atom. The minimum absolute atomic E-state index is 0.00456. The summed E-state index contributed by atoms with van der Waals surface area (Å²) in [5.74, 6) is -0.0598. The lowest BCUT2D eigenvalue weighted by molar-refractivity contribution is -0.150. The van der Waals surface area contributed by atoms with E-state index in [-0.39, 0.29) is 18.0 Å². The Labute approximate surface area is 96.7 Å². The summed E-state index contributed by atoms with van der Waals surface area (Å²) < 4.78 is 10.9. The van der Waals surface area contributed by atoms with E-state index in [1.807, 2.05) is 0 Å².